The first kappa shape index (κ1) is 15.4. The van der Waals surface area contributed by atoms with E-state index in [1.165, 1.54) is 0 Å². The molecule has 0 heterocycles. The number of esters is 1. The van der Waals surface area contributed by atoms with E-state index in [4.69, 9.17) is 4.74 Å². The second-order valence-electron chi connectivity index (χ2n) is 5.35. The topological polar surface area (TPSA) is 38.3 Å². The molecule has 96 valence electrons. The van der Waals surface area contributed by atoms with Gasteiger partial charge in [0.05, 0.1) is 0 Å². The number of carbonyl (C=O) groups is 1. The third kappa shape index (κ3) is 6.83. The van der Waals surface area contributed by atoms with E-state index in [2.05, 4.69) is 19.2 Å². The first-order valence-corrected chi connectivity index (χ1v) is 6.26. The molecule has 0 aromatic carbocycles. The Kier molecular flexibility index (Phi) is 6.65. The van der Waals surface area contributed by atoms with Gasteiger partial charge >= 0.3 is 5.97 Å². The van der Waals surface area contributed by atoms with Crippen molar-refractivity contribution < 1.29 is 9.53 Å². The summed E-state index contributed by atoms with van der Waals surface area (Å²) >= 11 is 0. The van der Waals surface area contributed by atoms with E-state index in [-0.39, 0.29) is 12.0 Å². The molecular formula is C13H27NO2. The van der Waals surface area contributed by atoms with Gasteiger partial charge < -0.3 is 10.1 Å². The summed E-state index contributed by atoms with van der Waals surface area (Å²) in [6, 6.07) is -0.222. The lowest BCUT2D eigenvalue weighted by atomic mass is 10.0. The van der Waals surface area contributed by atoms with E-state index < -0.39 is 5.60 Å². The summed E-state index contributed by atoms with van der Waals surface area (Å²) in [6.07, 6.45) is 2.29. The fraction of sp³-hybridized carbons (Fsp3) is 0.923. The van der Waals surface area contributed by atoms with Crippen LogP contribution in [0.1, 0.15) is 54.4 Å². The van der Waals surface area contributed by atoms with Crippen LogP contribution >= 0.6 is 0 Å². The number of hydrogen-bond donors (Lipinski definition) is 1. The smallest absolute Gasteiger partial charge is 0.323 e. The molecular weight excluding hydrogens is 202 g/mol. The van der Waals surface area contributed by atoms with Gasteiger partial charge in [-0.05, 0) is 40.2 Å². The van der Waals surface area contributed by atoms with Crippen LogP contribution in [0, 0.1) is 5.92 Å². The first-order valence-electron chi connectivity index (χ1n) is 6.26. The van der Waals surface area contributed by atoms with E-state index in [1.54, 1.807) is 0 Å². The molecule has 0 aliphatic carbocycles. The molecule has 3 heteroatoms. The molecule has 0 aliphatic heterocycles. The quantitative estimate of drug-likeness (QED) is 0.712. The summed E-state index contributed by atoms with van der Waals surface area (Å²) in [5.74, 6) is 0.475. The lowest BCUT2D eigenvalue weighted by molar-refractivity contribution is -0.157. The van der Waals surface area contributed by atoms with Crippen LogP contribution in [-0.2, 0) is 9.53 Å². The van der Waals surface area contributed by atoms with Gasteiger partial charge in [0.25, 0.3) is 0 Å². The van der Waals surface area contributed by atoms with Gasteiger partial charge in [0.15, 0.2) is 0 Å². The highest BCUT2D eigenvalue weighted by atomic mass is 16.6. The Labute approximate surface area is 99.9 Å². The summed E-state index contributed by atoms with van der Waals surface area (Å²) in [6.45, 7) is 12.8. The van der Waals surface area contributed by atoms with Crippen LogP contribution < -0.4 is 5.32 Å². The SMILES string of the molecule is CCC(CC)CNC(C)C(=O)OC(C)(C)C. The zero-order chi connectivity index (χ0) is 12.8. The van der Waals surface area contributed by atoms with Crippen LogP contribution in [0.4, 0.5) is 0 Å². The Morgan fingerprint density at radius 2 is 1.75 bits per heavy atom. The molecule has 0 aliphatic rings. The van der Waals surface area contributed by atoms with Crippen LogP contribution in [0.25, 0.3) is 0 Å². The molecule has 1 unspecified atom stereocenters. The van der Waals surface area contributed by atoms with Crippen LogP contribution in [0.3, 0.4) is 0 Å². The van der Waals surface area contributed by atoms with E-state index in [1.807, 2.05) is 27.7 Å². The minimum atomic E-state index is -0.401. The molecule has 0 spiro atoms. The average Bonchev–Trinajstić information content (AvgIpc) is 2.16. The fourth-order valence-electron chi connectivity index (χ4n) is 1.39. The Hall–Kier alpha value is -0.570. The summed E-state index contributed by atoms with van der Waals surface area (Å²) in [7, 11) is 0. The lowest BCUT2D eigenvalue weighted by Gasteiger charge is -2.23. The van der Waals surface area contributed by atoms with Crippen molar-refractivity contribution in [2.24, 2.45) is 5.92 Å². The predicted molar refractivity (Wildman–Crippen MR) is 67.4 cm³/mol. The minimum Gasteiger partial charge on any atom is -0.459 e. The van der Waals surface area contributed by atoms with Gasteiger partial charge in [0, 0.05) is 0 Å². The average molecular weight is 229 g/mol. The van der Waals surface area contributed by atoms with Gasteiger partial charge in [-0.3, -0.25) is 4.79 Å². The van der Waals surface area contributed by atoms with E-state index in [0.29, 0.717) is 5.92 Å². The van der Waals surface area contributed by atoms with Gasteiger partial charge in [0.2, 0.25) is 0 Å². The maximum atomic E-state index is 11.7. The number of carbonyl (C=O) groups excluding carboxylic acids is 1. The van der Waals surface area contributed by atoms with E-state index in [0.717, 1.165) is 19.4 Å². The van der Waals surface area contributed by atoms with Crippen molar-refractivity contribution in [3.63, 3.8) is 0 Å². The minimum absolute atomic E-state index is 0.168. The van der Waals surface area contributed by atoms with Crippen molar-refractivity contribution in [3.05, 3.63) is 0 Å². The number of hydrogen-bond acceptors (Lipinski definition) is 3. The van der Waals surface area contributed by atoms with E-state index in [9.17, 15) is 4.79 Å². The molecule has 0 saturated carbocycles. The number of rotatable bonds is 6. The van der Waals surface area contributed by atoms with Crippen molar-refractivity contribution in [2.45, 2.75) is 66.0 Å². The maximum absolute atomic E-state index is 11.7. The highest BCUT2D eigenvalue weighted by Gasteiger charge is 2.21. The van der Waals surface area contributed by atoms with Crippen molar-refractivity contribution in [1.29, 1.82) is 0 Å². The standard InChI is InChI=1S/C13H27NO2/c1-7-11(8-2)9-14-10(3)12(15)16-13(4,5)6/h10-11,14H,7-9H2,1-6H3. The van der Waals surface area contributed by atoms with Crippen LogP contribution in [-0.4, -0.2) is 24.2 Å². The summed E-state index contributed by atoms with van der Waals surface area (Å²) < 4.78 is 5.30. The van der Waals surface area contributed by atoms with Gasteiger partial charge in [-0.2, -0.15) is 0 Å². The Morgan fingerprint density at radius 3 is 2.12 bits per heavy atom. The zero-order valence-corrected chi connectivity index (χ0v) is 11.6. The second-order valence-corrected chi connectivity index (χ2v) is 5.35. The molecule has 1 N–H and O–H groups in total. The number of nitrogens with one attached hydrogen (secondary N) is 1. The third-order valence-corrected chi connectivity index (χ3v) is 2.63. The van der Waals surface area contributed by atoms with Crippen LogP contribution in [0.15, 0.2) is 0 Å². The first-order chi connectivity index (χ1) is 7.30. The molecule has 0 fully saturated rings. The maximum Gasteiger partial charge on any atom is 0.323 e. The van der Waals surface area contributed by atoms with Gasteiger partial charge in [0.1, 0.15) is 11.6 Å². The molecule has 16 heavy (non-hydrogen) atoms. The van der Waals surface area contributed by atoms with Crippen LogP contribution in [0.5, 0.6) is 0 Å². The predicted octanol–water partition coefficient (Wildman–Crippen LogP) is 2.74. The molecule has 0 aromatic heterocycles. The highest BCUT2D eigenvalue weighted by Crippen LogP contribution is 2.09. The molecule has 0 aromatic rings. The van der Waals surface area contributed by atoms with Gasteiger partial charge in [-0.15, -0.1) is 0 Å². The molecule has 0 radical (unpaired) electrons. The summed E-state index contributed by atoms with van der Waals surface area (Å²) in [5.41, 5.74) is -0.401. The van der Waals surface area contributed by atoms with Crippen molar-refractivity contribution >= 4 is 5.97 Å². The molecule has 0 saturated heterocycles. The fourth-order valence-corrected chi connectivity index (χ4v) is 1.39. The highest BCUT2D eigenvalue weighted by molar-refractivity contribution is 5.75. The largest absolute Gasteiger partial charge is 0.459 e. The van der Waals surface area contributed by atoms with Crippen molar-refractivity contribution in [1.82, 2.24) is 5.32 Å². The summed E-state index contributed by atoms with van der Waals surface area (Å²) in [4.78, 5) is 11.7. The lowest BCUT2D eigenvalue weighted by Crippen LogP contribution is -2.41. The van der Waals surface area contributed by atoms with Gasteiger partial charge in [-0.1, -0.05) is 26.7 Å². The monoisotopic (exact) mass is 229 g/mol. The van der Waals surface area contributed by atoms with Crippen LogP contribution in [0.2, 0.25) is 0 Å². The zero-order valence-electron chi connectivity index (χ0n) is 11.6. The Balaban J connectivity index is 3.97. The second kappa shape index (κ2) is 6.89. The molecule has 0 amide bonds. The van der Waals surface area contributed by atoms with Gasteiger partial charge in [-0.25, -0.2) is 0 Å². The van der Waals surface area contributed by atoms with Crippen molar-refractivity contribution in [2.75, 3.05) is 6.54 Å². The normalized spacial score (nSPS) is 13.9. The molecule has 0 bridgehead atoms. The van der Waals surface area contributed by atoms with E-state index >= 15 is 0 Å². The molecule has 1 atom stereocenters. The Morgan fingerprint density at radius 1 is 1.25 bits per heavy atom. The third-order valence-electron chi connectivity index (χ3n) is 2.63. The molecule has 3 nitrogen and oxygen atoms in total. The van der Waals surface area contributed by atoms with Crippen molar-refractivity contribution in [3.8, 4) is 0 Å². The molecule has 0 rings (SSSR count). The number of ether oxygens (including phenoxy) is 1. The Bertz CT molecular complexity index is 204. The summed E-state index contributed by atoms with van der Waals surface area (Å²) in [5, 5.41) is 3.23.